The zero-order valence-electron chi connectivity index (χ0n) is 15.4. The lowest BCUT2D eigenvalue weighted by molar-refractivity contribution is -0.0568. The second kappa shape index (κ2) is 7.09. The quantitative estimate of drug-likeness (QED) is 0.556. The Labute approximate surface area is 165 Å². The number of aromatic hydroxyl groups is 1. The first-order valence-electron chi connectivity index (χ1n) is 8.54. The lowest BCUT2D eigenvalue weighted by atomic mass is 9.31. The van der Waals surface area contributed by atoms with E-state index in [-0.39, 0.29) is 27.4 Å². The topological polar surface area (TPSA) is 43.7 Å². The van der Waals surface area contributed by atoms with E-state index in [9.17, 15) is 10.2 Å². The van der Waals surface area contributed by atoms with Gasteiger partial charge in [0.05, 0.1) is 34.9 Å². The van der Waals surface area contributed by atoms with E-state index in [2.05, 4.69) is 0 Å². The standard InChI is InChI=1S/C16H18B7NO2/c1-24(2)16(22,23)15(21,14(26)6-4-3-5-7-14)8-9(17)11(19)13(25)12(20)10(8)18/h25-26H,3-7H2,1-2H3. The maximum absolute atomic E-state index is 11.6. The van der Waals surface area contributed by atoms with Crippen molar-refractivity contribution >= 4 is 76.8 Å². The van der Waals surface area contributed by atoms with Crippen LogP contribution in [0.15, 0.2) is 0 Å². The van der Waals surface area contributed by atoms with Crippen LogP contribution in [0.5, 0.6) is 5.75 Å². The van der Waals surface area contributed by atoms with Gasteiger partial charge in [0.15, 0.2) is 0 Å². The fourth-order valence-corrected chi connectivity index (χ4v) is 3.93. The molecule has 0 saturated heterocycles. The summed E-state index contributed by atoms with van der Waals surface area (Å²) in [6, 6.07) is 0. The largest absolute Gasteiger partial charge is 0.509 e. The van der Waals surface area contributed by atoms with Gasteiger partial charge in [0.2, 0.25) is 0 Å². The summed E-state index contributed by atoms with van der Waals surface area (Å²) in [5, 5.41) is 18.1. The molecule has 0 bridgehead atoms. The molecule has 1 aromatic rings. The summed E-state index contributed by atoms with van der Waals surface area (Å²) in [6.07, 6.45) is 3.14. The highest BCUT2D eigenvalue weighted by molar-refractivity contribution is 6.60. The summed E-state index contributed by atoms with van der Waals surface area (Å²) in [7, 11) is 47.0. The van der Waals surface area contributed by atoms with E-state index in [1.807, 2.05) is 0 Å². The van der Waals surface area contributed by atoms with Crippen LogP contribution in [0.1, 0.15) is 37.7 Å². The zero-order valence-corrected chi connectivity index (χ0v) is 15.4. The molecule has 3 nitrogen and oxygen atoms in total. The summed E-state index contributed by atoms with van der Waals surface area (Å²) >= 11 is 0. The second-order valence-corrected chi connectivity index (χ2v) is 7.50. The van der Waals surface area contributed by atoms with Crippen molar-refractivity contribution in [3.8, 4) is 5.75 Å². The highest BCUT2D eigenvalue weighted by Crippen LogP contribution is 2.47. The predicted octanol–water partition coefficient (Wildman–Crippen LogP) is -3.82. The van der Waals surface area contributed by atoms with Crippen LogP contribution >= 0.6 is 0 Å². The fraction of sp³-hybridized carbons (Fsp3) is 0.625. The molecule has 1 aliphatic carbocycles. The number of nitrogens with zero attached hydrogens (tertiary/aromatic N) is 1. The number of rotatable bonds is 4. The summed E-state index contributed by atoms with van der Waals surface area (Å²) in [5.41, 5.74) is -2.02. The summed E-state index contributed by atoms with van der Waals surface area (Å²) in [4.78, 5) is 1.48. The molecule has 1 saturated carbocycles. The monoisotopic (exact) mass is 333 g/mol. The smallest absolute Gasteiger partial charge is 0.118 e. The Morgan fingerprint density at radius 1 is 0.846 bits per heavy atom. The summed E-state index contributed by atoms with van der Waals surface area (Å²) in [6.45, 7) is 0. The number of hydrogen-bond acceptors (Lipinski definition) is 3. The van der Waals surface area contributed by atoms with Crippen molar-refractivity contribution in [2.24, 2.45) is 0 Å². The maximum atomic E-state index is 11.6. The molecule has 26 heavy (non-hydrogen) atoms. The first-order chi connectivity index (χ1) is 11.8. The molecule has 0 amide bonds. The van der Waals surface area contributed by atoms with Crippen LogP contribution in [0, 0.1) is 0 Å². The average Bonchev–Trinajstić information content (AvgIpc) is 2.58. The number of likely N-dealkylation sites (N-methyl/N-ethyl adjacent to an activating group) is 1. The van der Waals surface area contributed by atoms with Gasteiger partial charge in [-0.2, -0.15) is 0 Å². The zero-order chi connectivity index (χ0) is 20.1. The molecule has 14 radical (unpaired) electrons. The molecule has 1 aromatic carbocycles. The number of aliphatic hydroxyl groups is 1. The van der Waals surface area contributed by atoms with Crippen LogP contribution in [0.3, 0.4) is 0 Å². The van der Waals surface area contributed by atoms with Gasteiger partial charge in [0.1, 0.15) is 31.4 Å². The van der Waals surface area contributed by atoms with Gasteiger partial charge in [-0.05, 0) is 37.6 Å². The second-order valence-electron chi connectivity index (χ2n) is 7.50. The number of phenols is 1. The van der Waals surface area contributed by atoms with Crippen LogP contribution in [-0.4, -0.2) is 95.1 Å². The number of hydrogen-bond donors (Lipinski definition) is 2. The number of benzene rings is 1. The van der Waals surface area contributed by atoms with E-state index in [0.29, 0.717) is 12.8 Å². The van der Waals surface area contributed by atoms with E-state index in [4.69, 9.17) is 54.9 Å². The molecule has 120 valence electrons. The molecule has 1 fully saturated rings. The van der Waals surface area contributed by atoms with Crippen molar-refractivity contribution in [2.45, 2.75) is 48.4 Å². The van der Waals surface area contributed by atoms with Gasteiger partial charge in [-0.15, -0.1) is 0 Å². The molecule has 2 rings (SSSR count). The molecule has 0 spiro atoms. The van der Waals surface area contributed by atoms with Crippen molar-refractivity contribution in [1.29, 1.82) is 0 Å². The van der Waals surface area contributed by atoms with Crippen LogP contribution in [0.2, 0.25) is 0 Å². The molecule has 0 heterocycles. The minimum Gasteiger partial charge on any atom is -0.509 e. The molecular formula is C16H18B7NO2. The third kappa shape index (κ3) is 2.92. The molecule has 1 aliphatic rings. The van der Waals surface area contributed by atoms with Crippen molar-refractivity contribution in [3.05, 3.63) is 5.56 Å². The molecule has 2 N–H and O–H groups in total. The summed E-state index contributed by atoms with van der Waals surface area (Å²) in [5.74, 6) is -0.439. The Hall–Kier alpha value is -0.605. The van der Waals surface area contributed by atoms with E-state index in [1.165, 1.54) is 4.90 Å². The molecular weight excluding hydrogens is 314 g/mol. The van der Waals surface area contributed by atoms with Gasteiger partial charge in [-0.3, -0.25) is 0 Å². The van der Waals surface area contributed by atoms with E-state index in [1.54, 1.807) is 14.1 Å². The van der Waals surface area contributed by atoms with Crippen LogP contribution in [0.4, 0.5) is 0 Å². The van der Waals surface area contributed by atoms with Crippen molar-refractivity contribution in [2.75, 3.05) is 14.1 Å². The molecule has 0 aliphatic heterocycles. The Bertz CT molecular complexity index is 675. The van der Waals surface area contributed by atoms with Crippen molar-refractivity contribution in [3.63, 3.8) is 0 Å². The Morgan fingerprint density at radius 3 is 1.65 bits per heavy atom. The Balaban J connectivity index is 2.92. The maximum Gasteiger partial charge on any atom is 0.118 e. The van der Waals surface area contributed by atoms with Crippen molar-refractivity contribution in [1.82, 2.24) is 4.90 Å². The van der Waals surface area contributed by atoms with E-state index >= 15 is 0 Å². The Kier molecular flexibility index (Phi) is 5.92. The van der Waals surface area contributed by atoms with Crippen LogP contribution < -0.4 is 21.9 Å². The lowest BCUT2D eigenvalue weighted by Crippen LogP contribution is -2.74. The minimum absolute atomic E-state index is 0.0494. The van der Waals surface area contributed by atoms with Gasteiger partial charge < -0.3 is 15.1 Å². The highest BCUT2D eigenvalue weighted by Gasteiger charge is 2.56. The molecule has 1 atom stereocenters. The molecule has 1 unspecified atom stereocenters. The van der Waals surface area contributed by atoms with Gasteiger partial charge in [-0.25, -0.2) is 0 Å². The van der Waals surface area contributed by atoms with Crippen molar-refractivity contribution < 1.29 is 10.2 Å². The van der Waals surface area contributed by atoms with Gasteiger partial charge in [0.25, 0.3) is 0 Å². The van der Waals surface area contributed by atoms with Gasteiger partial charge in [-0.1, -0.05) is 46.7 Å². The molecule has 10 heteroatoms. The lowest BCUT2D eigenvalue weighted by Gasteiger charge is -2.61. The van der Waals surface area contributed by atoms with Crippen LogP contribution in [-0.2, 0) is 5.31 Å². The predicted molar refractivity (Wildman–Crippen MR) is 113 cm³/mol. The Morgan fingerprint density at radius 2 is 1.27 bits per heavy atom. The third-order valence-electron chi connectivity index (χ3n) is 5.81. The van der Waals surface area contributed by atoms with Gasteiger partial charge in [0, 0.05) is 0 Å². The average molecular weight is 332 g/mol. The minimum atomic E-state index is -1.81. The normalized spacial score (nSPS) is 20.0. The molecule has 0 aromatic heterocycles. The SMILES string of the molecule is [B]c1c([B])c(C([B])(C2(O)CCCCC2)C([B])([B])N(C)C)c([B])c([B])c1O. The van der Waals surface area contributed by atoms with Crippen LogP contribution in [0.25, 0.3) is 0 Å². The highest BCUT2D eigenvalue weighted by atomic mass is 16.3. The van der Waals surface area contributed by atoms with E-state index in [0.717, 1.165) is 19.3 Å². The fourth-order valence-electron chi connectivity index (χ4n) is 3.93. The number of phenolic OH excluding ortho intramolecular Hbond substituents is 1. The third-order valence-corrected chi connectivity index (χ3v) is 5.81. The van der Waals surface area contributed by atoms with E-state index < -0.39 is 22.0 Å². The first-order valence-corrected chi connectivity index (χ1v) is 8.54. The summed E-state index contributed by atoms with van der Waals surface area (Å²) < 4.78 is 0. The van der Waals surface area contributed by atoms with Gasteiger partial charge >= 0.3 is 0 Å². The first kappa shape index (κ1) is 21.7.